The Morgan fingerprint density at radius 1 is 1.11 bits per heavy atom. The highest BCUT2D eigenvalue weighted by molar-refractivity contribution is 5.65. The van der Waals surface area contributed by atoms with Gasteiger partial charge >= 0.3 is 0 Å². The van der Waals surface area contributed by atoms with Crippen LogP contribution in [-0.2, 0) is 5.41 Å². The molecule has 3 rings (SSSR count). The molecule has 1 saturated carbocycles. The highest BCUT2D eigenvalue weighted by Crippen LogP contribution is 2.47. The highest BCUT2D eigenvalue weighted by atomic mass is 16.5. The fraction of sp³-hybridized carbons (Fsp3) is 0.438. The van der Waals surface area contributed by atoms with Gasteiger partial charge in [-0.05, 0) is 18.3 Å². The largest absolute Gasteiger partial charge is 0.360 e. The predicted octanol–water partition coefficient (Wildman–Crippen LogP) is 4.52. The second-order valence-electron chi connectivity index (χ2n) is 6.16. The van der Waals surface area contributed by atoms with Crippen molar-refractivity contribution >= 4 is 0 Å². The van der Waals surface area contributed by atoms with Gasteiger partial charge in [0.2, 0.25) is 0 Å². The van der Waals surface area contributed by atoms with Crippen molar-refractivity contribution in [1.29, 1.82) is 0 Å². The molecule has 1 aromatic heterocycles. The van der Waals surface area contributed by atoms with Crippen LogP contribution in [0.1, 0.15) is 50.9 Å². The van der Waals surface area contributed by atoms with E-state index < -0.39 is 0 Å². The number of benzene rings is 1. The molecule has 0 aliphatic heterocycles. The molecule has 0 saturated heterocycles. The van der Waals surface area contributed by atoms with Crippen LogP contribution in [0.15, 0.2) is 34.9 Å². The Morgan fingerprint density at radius 2 is 1.78 bits per heavy atom. The number of aromatic nitrogens is 1. The number of rotatable bonds is 2. The molecule has 2 aromatic rings. The van der Waals surface area contributed by atoms with Gasteiger partial charge in [-0.3, -0.25) is 0 Å². The molecule has 2 nitrogen and oxygen atoms in total. The third kappa shape index (κ3) is 1.96. The quantitative estimate of drug-likeness (QED) is 0.772. The van der Waals surface area contributed by atoms with E-state index in [1.165, 1.54) is 18.4 Å². The molecule has 1 fully saturated rings. The van der Waals surface area contributed by atoms with Gasteiger partial charge in [0.25, 0.3) is 0 Å². The lowest BCUT2D eigenvalue weighted by molar-refractivity contribution is 0.380. The molecule has 0 bridgehead atoms. The maximum absolute atomic E-state index is 5.65. The van der Waals surface area contributed by atoms with Crippen molar-refractivity contribution in [3.8, 4) is 11.3 Å². The molecule has 1 aromatic carbocycles. The Labute approximate surface area is 108 Å². The molecule has 0 N–H and O–H groups in total. The average Bonchev–Trinajstić information content (AvgIpc) is 3.07. The van der Waals surface area contributed by atoms with E-state index in [0.29, 0.717) is 5.92 Å². The molecule has 0 amide bonds. The zero-order valence-corrected chi connectivity index (χ0v) is 11.2. The zero-order chi connectivity index (χ0) is 12.8. The molecule has 2 heteroatoms. The van der Waals surface area contributed by atoms with E-state index in [-0.39, 0.29) is 5.41 Å². The van der Waals surface area contributed by atoms with Gasteiger partial charge < -0.3 is 4.52 Å². The number of nitrogens with zero attached hydrogens (tertiary/aromatic N) is 1. The van der Waals surface area contributed by atoms with Gasteiger partial charge in [0.15, 0.2) is 0 Å². The molecule has 1 aliphatic rings. The van der Waals surface area contributed by atoms with Crippen molar-refractivity contribution in [2.75, 3.05) is 0 Å². The Kier molecular flexibility index (Phi) is 2.54. The van der Waals surface area contributed by atoms with Gasteiger partial charge in [-0.1, -0.05) is 56.3 Å². The SMILES string of the molecule is CC(C)(C)c1c(-c2ccccc2)noc1C1CC1. The molecule has 0 unspecified atom stereocenters. The third-order valence-corrected chi connectivity index (χ3v) is 3.46. The fourth-order valence-corrected chi connectivity index (χ4v) is 2.44. The van der Waals surface area contributed by atoms with Crippen LogP contribution in [0.4, 0.5) is 0 Å². The van der Waals surface area contributed by atoms with Crippen LogP contribution in [0, 0.1) is 0 Å². The van der Waals surface area contributed by atoms with Crippen LogP contribution in [0.25, 0.3) is 11.3 Å². The second-order valence-corrected chi connectivity index (χ2v) is 6.16. The molecular weight excluding hydrogens is 222 g/mol. The molecule has 94 valence electrons. The van der Waals surface area contributed by atoms with E-state index in [1.807, 2.05) is 18.2 Å². The van der Waals surface area contributed by atoms with Gasteiger partial charge in [-0.2, -0.15) is 0 Å². The van der Waals surface area contributed by atoms with Crippen LogP contribution in [0.3, 0.4) is 0 Å². The molecule has 0 radical (unpaired) electrons. The van der Waals surface area contributed by atoms with Crippen molar-refractivity contribution in [1.82, 2.24) is 5.16 Å². The Bertz CT molecular complexity index is 544. The summed E-state index contributed by atoms with van der Waals surface area (Å²) in [5.41, 5.74) is 3.53. The Hall–Kier alpha value is -1.57. The average molecular weight is 241 g/mol. The Morgan fingerprint density at radius 3 is 2.33 bits per heavy atom. The predicted molar refractivity (Wildman–Crippen MR) is 72.6 cm³/mol. The van der Waals surface area contributed by atoms with Crippen molar-refractivity contribution in [2.45, 2.75) is 44.9 Å². The van der Waals surface area contributed by atoms with Crippen LogP contribution in [-0.4, -0.2) is 5.16 Å². The summed E-state index contributed by atoms with van der Waals surface area (Å²) in [4.78, 5) is 0. The van der Waals surface area contributed by atoms with Gasteiger partial charge in [-0.25, -0.2) is 0 Å². The first-order valence-corrected chi connectivity index (χ1v) is 6.63. The van der Waals surface area contributed by atoms with E-state index >= 15 is 0 Å². The first-order valence-electron chi connectivity index (χ1n) is 6.63. The van der Waals surface area contributed by atoms with E-state index in [1.54, 1.807) is 0 Å². The Balaban J connectivity index is 2.15. The van der Waals surface area contributed by atoms with Crippen molar-refractivity contribution in [3.63, 3.8) is 0 Å². The van der Waals surface area contributed by atoms with E-state index in [2.05, 4.69) is 38.1 Å². The summed E-state index contributed by atoms with van der Waals surface area (Å²) < 4.78 is 5.65. The van der Waals surface area contributed by atoms with Crippen LogP contribution >= 0.6 is 0 Å². The van der Waals surface area contributed by atoms with Crippen molar-refractivity contribution in [2.24, 2.45) is 0 Å². The summed E-state index contributed by atoms with van der Waals surface area (Å²) >= 11 is 0. The minimum Gasteiger partial charge on any atom is -0.360 e. The van der Waals surface area contributed by atoms with Crippen LogP contribution in [0.5, 0.6) is 0 Å². The van der Waals surface area contributed by atoms with Gasteiger partial charge in [0.1, 0.15) is 11.5 Å². The molecule has 0 atom stereocenters. The lowest BCUT2D eigenvalue weighted by Crippen LogP contribution is -2.13. The summed E-state index contributed by atoms with van der Waals surface area (Å²) in [5.74, 6) is 1.71. The van der Waals surface area contributed by atoms with E-state index in [4.69, 9.17) is 4.52 Å². The lowest BCUT2D eigenvalue weighted by Gasteiger charge is -2.19. The molecule has 1 aliphatic carbocycles. The second kappa shape index (κ2) is 3.98. The van der Waals surface area contributed by atoms with Crippen LogP contribution < -0.4 is 0 Å². The van der Waals surface area contributed by atoms with Gasteiger partial charge in [0, 0.05) is 17.0 Å². The maximum Gasteiger partial charge on any atom is 0.144 e. The van der Waals surface area contributed by atoms with Crippen molar-refractivity contribution in [3.05, 3.63) is 41.7 Å². The topological polar surface area (TPSA) is 26.0 Å². The van der Waals surface area contributed by atoms with E-state index in [0.717, 1.165) is 17.0 Å². The zero-order valence-electron chi connectivity index (χ0n) is 11.2. The monoisotopic (exact) mass is 241 g/mol. The van der Waals surface area contributed by atoms with Crippen molar-refractivity contribution < 1.29 is 4.52 Å². The highest BCUT2D eigenvalue weighted by Gasteiger charge is 2.36. The number of hydrogen-bond acceptors (Lipinski definition) is 2. The minimum absolute atomic E-state index is 0.0725. The van der Waals surface area contributed by atoms with E-state index in [9.17, 15) is 0 Å². The fourth-order valence-electron chi connectivity index (χ4n) is 2.44. The normalized spacial score (nSPS) is 15.9. The lowest BCUT2D eigenvalue weighted by atomic mass is 9.83. The number of hydrogen-bond donors (Lipinski definition) is 0. The molecule has 0 spiro atoms. The van der Waals surface area contributed by atoms with Gasteiger partial charge in [-0.15, -0.1) is 0 Å². The summed E-state index contributed by atoms with van der Waals surface area (Å²) in [6, 6.07) is 10.3. The van der Waals surface area contributed by atoms with Crippen LogP contribution in [0.2, 0.25) is 0 Å². The first kappa shape index (κ1) is 11.5. The summed E-state index contributed by atoms with van der Waals surface area (Å²) in [7, 11) is 0. The smallest absolute Gasteiger partial charge is 0.144 e. The maximum atomic E-state index is 5.65. The third-order valence-electron chi connectivity index (χ3n) is 3.46. The molecular formula is C16H19NO. The minimum atomic E-state index is 0.0725. The standard InChI is InChI=1S/C16H19NO/c1-16(2,3)13-14(11-7-5-4-6-8-11)17-18-15(13)12-9-10-12/h4-8,12H,9-10H2,1-3H3. The summed E-state index contributed by atoms with van der Waals surface area (Å²) in [6.45, 7) is 6.70. The van der Waals surface area contributed by atoms with Gasteiger partial charge in [0.05, 0.1) is 0 Å². The summed E-state index contributed by atoms with van der Waals surface area (Å²) in [6.07, 6.45) is 2.49. The first-order chi connectivity index (χ1) is 8.57. The summed E-state index contributed by atoms with van der Waals surface area (Å²) in [5, 5.41) is 4.34. The molecule has 1 heterocycles. The molecule has 18 heavy (non-hydrogen) atoms.